The molecule has 4 nitrogen and oxygen atoms in total. The first-order valence-electron chi connectivity index (χ1n) is 4.36. The number of rotatable bonds is 7. The summed E-state index contributed by atoms with van der Waals surface area (Å²) in [6.45, 7) is 2.49. The zero-order chi connectivity index (χ0) is 8.81. The smallest absolute Gasteiger partial charge is 0.231 e. The number of hydrogen-bond donors (Lipinski definition) is 2. The average molecular weight is 172 g/mol. The van der Waals surface area contributed by atoms with Gasteiger partial charge in [0.15, 0.2) is 0 Å². The molecule has 3 N–H and O–H groups in total. The summed E-state index contributed by atoms with van der Waals surface area (Å²) < 4.78 is 5.32. The normalized spacial score (nSPS) is 16.3. The van der Waals surface area contributed by atoms with Gasteiger partial charge in [0.25, 0.3) is 0 Å². The van der Waals surface area contributed by atoms with E-state index in [2.05, 4.69) is 5.32 Å². The van der Waals surface area contributed by atoms with E-state index in [1.807, 2.05) is 0 Å². The van der Waals surface area contributed by atoms with Crippen molar-refractivity contribution >= 4 is 5.91 Å². The van der Waals surface area contributed by atoms with E-state index in [0.29, 0.717) is 13.2 Å². The van der Waals surface area contributed by atoms with Gasteiger partial charge in [-0.2, -0.15) is 0 Å². The van der Waals surface area contributed by atoms with Crippen LogP contribution in [0.2, 0.25) is 0 Å². The molecule has 12 heavy (non-hydrogen) atoms. The molecule has 0 aromatic heterocycles. The molecule has 1 amide bonds. The van der Waals surface area contributed by atoms with E-state index in [9.17, 15) is 4.79 Å². The Balaban J connectivity index is 1.73. The average Bonchev–Trinajstić information content (AvgIpc) is 2.79. The zero-order valence-electron chi connectivity index (χ0n) is 7.21. The highest BCUT2D eigenvalue weighted by Gasteiger charge is 2.20. The van der Waals surface area contributed by atoms with Gasteiger partial charge in [-0.1, -0.05) is 0 Å². The Morgan fingerprint density at radius 2 is 2.33 bits per heavy atom. The topological polar surface area (TPSA) is 64.4 Å². The highest BCUT2D eigenvalue weighted by Crippen LogP contribution is 2.28. The van der Waals surface area contributed by atoms with Crippen molar-refractivity contribution in [3.05, 3.63) is 0 Å². The van der Waals surface area contributed by atoms with Crippen LogP contribution in [-0.2, 0) is 9.53 Å². The summed E-state index contributed by atoms with van der Waals surface area (Å²) in [4.78, 5) is 10.3. The van der Waals surface area contributed by atoms with Crippen molar-refractivity contribution in [2.45, 2.75) is 12.8 Å². The van der Waals surface area contributed by atoms with Gasteiger partial charge in [-0.05, 0) is 18.8 Å². The fourth-order valence-electron chi connectivity index (χ4n) is 0.890. The SMILES string of the molecule is NC(=O)CNCCOCC1CC1. The maximum Gasteiger partial charge on any atom is 0.231 e. The number of carbonyl (C=O) groups is 1. The maximum absolute atomic E-state index is 10.3. The van der Waals surface area contributed by atoms with Crippen LogP contribution in [0.3, 0.4) is 0 Å². The summed E-state index contributed by atoms with van der Waals surface area (Å²) in [5, 5.41) is 2.88. The van der Waals surface area contributed by atoms with Gasteiger partial charge in [0, 0.05) is 13.2 Å². The standard InChI is InChI=1S/C8H16N2O2/c9-8(11)5-10-3-4-12-6-7-1-2-7/h7,10H,1-6H2,(H2,9,11). The van der Waals surface area contributed by atoms with Gasteiger partial charge in [0.05, 0.1) is 13.2 Å². The molecular weight excluding hydrogens is 156 g/mol. The van der Waals surface area contributed by atoms with Crippen LogP contribution in [0.1, 0.15) is 12.8 Å². The first kappa shape index (κ1) is 9.48. The highest BCUT2D eigenvalue weighted by molar-refractivity contribution is 5.75. The van der Waals surface area contributed by atoms with Gasteiger partial charge in [-0.15, -0.1) is 0 Å². The van der Waals surface area contributed by atoms with Crippen molar-refractivity contribution in [1.82, 2.24) is 5.32 Å². The third kappa shape index (κ3) is 5.09. The quantitative estimate of drug-likeness (QED) is 0.508. The Morgan fingerprint density at radius 1 is 1.58 bits per heavy atom. The molecule has 0 atom stereocenters. The second-order valence-corrected chi connectivity index (χ2v) is 3.16. The third-order valence-electron chi connectivity index (χ3n) is 1.77. The van der Waals surface area contributed by atoms with Gasteiger partial charge in [-0.25, -0.2) is 0 Å². The van der Waals surface area contributed by atoms with E-state index < -0.39 is 0 Å². The lowest BCUT2D eigenvalue weighted by Crippen LogP contribution is -2.30. The van der Waals surface area contributed by atoms with Crippen LogP contribution >= 0.6 is 0 Å². The molecule has 0 spiro atoms. The van der Waals surface area contributed by atoms with Crippen LogP contribution in [0, 0.1) is 5.92 Å². The Morgan fingerprint density at radius 3 is 2.92 bits per heavy atom. The van der Waals surface area contributed by atoms with Crippen molar-refractivity contribution in [1.29, 1.82) is 0 Å². The van der Waals surface area contributed by atoms with Crippen LogP contribution in [0.25, 0.3) is 0 Å². The zero-order valence-corrected chi connectivity index (χ0v) is 7.21. The molecule has 0 heterocycles. The minimum atomic E-state index is -0.322. The highest BCUT2D eigenvalue weighted by atomic mass is 16.5. The minimum absolute atomic E-state index is 0.243. The Hall–Kier alpha value is -0.610. The second-order valence-electron chi connectivity index (χ2n) is 3.16. The van der Waals surface area contributed by atoms with Gasteiger partial charge in [-0.3, -0.25) is 4.79 Å². The molecular formula is C8H16N2O2. The number of primary amides is 1. The predicted octanol–water partition coefficient (Wildman–Crippen LogP) is -0.512. The van der Waals surface area contributed by atoms with Crippen LogP contribution in [0.15, 0.2) is 0 Å². The van der Waals surface area contributed by atoms with E-state index in [1.165, 1.54) is 12.8 Å². The Labute approximate surface area is 72.5 Å². The lowest BCUT2D eigenvalue weighted by Gasteiger charge is -2.03. The first-order valence-corrected chi connectivity index (χ1v) is 4.36. The first-order chi connectivity index (χ1) is 5.79. The van der Waals surface area contributed by atoms with Gasteiger partial charge in [0.2, 0.25) is 5.91 Å². The van der Waals surface area contributed by atoms with E-state index in [-0.39, 0.29) is 12.5 Å². The summed E-state index contributed by atoms with van der Waals surface area (Å²) in [6.07, 6.45) is 2.63. The molecule has 0 unspecified atom stereocenters. The number of carbonyl (C=O) groups excluding carboxylic acids is 1. The number of amides is 1. The summed E-state index contributed by atoms with van der Waals surface area (Å²) in [7, 11) is 0. The lowest BCUT2D eigenvalue weighted by molar-refractivity contribution is -0.117. The fourth-order valence-corrected chi connectivity index (χ4v) is 0.890. The summed E-state index contributed by atoms with van der Waals surface area (Å²) >= 11 is 0. The lowest BCUT2D eigenvalue weighted by atomic mass is 10.5. The van der Waals surface area contributed by atoms with Gasteiger partial charge < -0.3 is 15.8 Å². The molecule has 0 aromatic carbocycles. The third-order valence-corrected chi connectivity index (χ3v) is 1.77. The monoisotopic (exact) mass is 172 g/mol. The van der Waals surface area contributed by atoms with Crippen LogP contribution in [-0.4, -0.2) is 32.2 Å². The van der Waals surface area contributed by atoms with Crippen molar-refractivity contribution in [3.63, 3.8) is 0 Å². The number of nitrogens with two attached hydrogens (primary N) is 1. The second kappa shape index (κ2) is 5.11. The molecule has 0 radical (unpaired) electrons. The van der Waals surface area contributed by atoms with E-state index in [1.54, 1.807) is 0 Å². The summed E-state index contributed by atoms with van der Waals surface area (Å²) in [5.74, 6) is 0.485. The summed E-state index contributed by atoms with van der Waals surface area (Å²) in [6, 6.07) is 0. The van der Waals surface area contributed by atoms with Crippen molar-refractivity contribution in [3.8, 4) is 0 Å². The molecule has 0 aromatic rings. The van der Waals surface area contributed by atoms with Gasteiger partial charge >= 0.3 is 0 Å². The van der Waals surface area contributed by atoms with Crippen molar-refractivity contribution in [2.24, 2.45) is 11.7 Å². The fraction of sp³-hybridized carbons (Fsp3) is 0.875. The number of ether oxygens (including phenoxy) is 1. The predicted molar refractivity (Wildman–Crippen MR) is 45.6 cm³/mol. The number of nitrogens with one attached hydrogen (secondary N) is 1. The molecule has 1 aliphatic carbocycles. The molecule has 4 heteroatoms. The van der Waals surface area contributed by atoms with Crippen LogP contribution in [0.4, 0.5) is 0 Å². The molecule has 1 aliphatic rings. The Bertz CT molecular complexity index is 146. The van der Waals surface area contributed by atoms with Crippen molar-refractivity contribution < 1.29 is 9.53 Å². The van der Waals surface area contributed by atoms with E-state index in [0.717, 1.165) is 12.5 Å². The molecule has 0 saturated heterocycles. The summed E-state index contributed by atoms with van der Waals surface area (Å²) in [5.41, 5.74) is 4.92. The molecule has 1 fully saturated rings. The molecule has 0 bridgehead atoms. The molecule has 0 aliphatic heterocycles. The largest absolute Gasteiger partial charge is 0.380 e. The maximum atomic E-state index is 10.3. The Kier molecular flexibility index (Phi) is 4.04. The molecule has 70 valence electrons. The molecule has 1 saturated carbocycles. The van der Waals surface area contributed by atoms with E-state index in [4.69, 9.17) is 10.5 Å². The van der Waals surface area contributed by atoms with E-state index >= 15 is 0 Å². The van der Waals surface area contributed by atoms with Crippen molar-refractivity contribution in [2.75, 3.05) is 26.3 Å². The number of hydrogen-bond acceptors (Lipinski definition) is 3. The van der Waals surface area contributed by atoms with Crippen LogP contribution in [0.5, 0.6) is 0 Å². The molecule has 1 rings (SSSR count). The van der Waals surface area contributed by atoms with Gasteiger partial charge in [0.1, 0.15) is 0 Å². The van der Waals surface area contributed by atoms with Crippen LogP contribution < -0.4 is 11.1 Å². The minimum Gasteiger partial charge on any atom is -0.380 e.